The first kappa shape index (κ1) is 9.68. The van der Waals surface area contributed by atoms with Crippen LogP contribution in [-0.2, 0) is 15.6 Å². The Kier molecular flexibility index (Phi) is 2.33. The summed E-state index contributed by atoms with van der Waals surface area (Å²) in [5.74, 6) is 0.0248. The summed E-state index contributed by atoms with van der Waals surface area (Å²) >= 11 is 1.56. The average molecular weight is 225 g/mol. The SMILES string of the molecule is [CH2]S(=O)(=O)Cc1csc2ccccc12. The molecule has 0 fully saturated rings. The van der Waals surface area contributed by atoms with Crippen molar-refractivity contribution in [1.82, 2.24) is 0 Å². The average Bonchev–Trinajstić information content (AvgIpc) is 2.47. The van der Waals surface area contributed by atoms with Gasteiger partial charge in [0.25, 0.3) is 0 Å². The highest BCUT2D eigenvalue weighted by Gasteiger charge is 2.09. The Morgan fingerprint density at radius 2 is 2.00 bits per heavy atom. The Balaban J connectivity index is 2.54. The molecule has 0 amide bonds. The fraction of sp³-hybridized carbons (Fsp3) is 0.100. The predicted octanol–water partition coefficient (Wildman–Crippen LogP) is 2.61. The molecule has 0 N–H and O–H groups in total. The smallest absolute Gasteiger partial charge is 0.155 e. The molecule has 1 heterocycles. The van der Waals surface area contributed by atoms with Crippen molar-refractivity contribution in [3.05, 3.63) is 41.5 Å². The number of benzene rings is 1. The normalized spacial score (nSPS) is 12.1. The van der Waals surface area contributed by atoms with Gasteiger partial charge in [-0.25, -0.2) is 8.42 Å². The fourth-order valence-corrected chi connectivity index (χ4v) is 3.16. The summed E-state index contributed by atoms with van der Waals surface area (Å²) in [6, 6.07) is 7.78. The topological polar surface area (TPSA) is 34.1 Å². The third-order valence-corrected chi connectivity index (χ3v) is 3.70. The van der Waals surface area contributed by atoms with E-state index in [2.05, 4.69) is 6.26 Å². The Bertz CT molecular complexity index is 552. The first-order valence-electron chi connectivity index (χ1n) is 4.07. The molecule has 0 atom stereocenters. The molecule has 0 aliphatic rings. The molecule has 4 heteroatoms. The lowest BCUT2D eigenvalue weighted by atomic mass is 10.2. The molecule has 0 saturated heterocycles. The van der Waals surface area contributed by atoms with Gasteiger partial charge in [-0.2, -0.15) is 0 Å². The maximum Gasteiger partial charge on any atom is 0.155 e. The van der Waals surface area contributed by atoms with Crippen LogP contribution in [0.25, 0.3) is 10.1 Å². The van der Waals surface area contributed by atoms with Gasteiger partial charge in [0.05, 0.1) is 12.0 Å². The zero-order valence-electron chi connectivity index (χ0n) is 7.43. The van der Waals surface area contributed by atoms with Crippen molar-refractivity contribution in [3.63, 3.8) is 0 Å². The quantitative estimate of drug-likeness (QED) is 0.787. The summed E-state index contributed by atoms with van der Waals surface area (Å²) < 4.78 is 23.2. The van der Waals surface area contributed by atoms with Crippen LogP contribution in [0.3, 0.4) is 0 Å². The van der Waals surface area contributed by atoms with Crippen LogP contribution in [-0.4, -0.2) is 8.42 Å². The number of thiophene rings is 1. The van der Waals surface area contributed by atoms with E-state index in [-0.39, 0.29) is 5.75 Å². The molecule has 0 saturated carbocycles. The molecular formula is C10H9O2S2. The monoisotopic (exact) mass is 225 g/mol. The molecule has 14 heavy (non-hydrogen) atoms. The van der Waals surface area contributed by atoms with E-state index < -0.39 is 9.84 Å². The molecule has 73 valence electrons. The lowest BCUT2D eigenvalue weighted by molar-refractivity contribution is 0.604. The van der Waals surface area contributed by atoms with E-state index >= 15 is 0 Å². The van der Waals surface area contributed by atoms with Crippen LogP contribution in [0.2, 0.25) is 0 Å². The van der Waals surface area contributed by atoms with Crippen molar-refractivity contribution < 1.29 is 8.42 Å². The van der Waals surface area contributed by atoms with E-state index in [1.54, 1.807) is 11.3 Å². The molecule has 2 rings (SSSR count). The van der Waals surface area contributed by atoms with E-state index in [0.717, 1.165) is 15.6 Å². The first-order valence-corrected chi connectivity index (χ1v) is 6.77. The number of sulfone groups is 1. The van der Waals surface area contributed by atoms with Gasteiger partial charge in [0.2, 0.25) is 0 Å². The first-order chi connectivity index (χ1) is 6.56. The number of rotatable bonds is 2. The number of fused-ring (bicyclic) bond motifs is 1. The summed E-state index contributed by atoms with van der Waals surface area (Å²) in [5, 5.41) is 2.90. The van der Waals surface area contributed by atoms with E-state index in [1.807, 2.05) is 29.6 Å². The van der Waals surface area contributed by atoms with Crippen molar-refractivity contribution >= 4 is 31.3 Å². The molecule has 1 aromatic heterocycles. The Labute approximate surface area is 87.1 Å². The lowest BCUT2D eigenvalue weighted by Gasteiger charge is -1.96. The molecule has 0 spiro atoms. The van der Waals surface area contributed by atoms with Crippen LogP contribution in [0, 0.1) is 6.26 Å². The van der Waals surface area contributed by atoms with Crippen LogP contribution < -0.4 is 0 Å². The molecule has 0 unspecified atom stereocenters. The standard InChI is InChI=1S/C10H9O2S2/c1-14(11,12)7-8-6-13-10-5-3-2-4-9(8)10/h2-6H,1,7H2. The van der Waals surface area contributed by atoms with Crippen LogP contribution in [0.5, 0.6) is 0 Å². The largest absolute Gasteiger partial charge is 0.228 e. The molecule has 1 radical (unpaired) electrons. The lowest BCUT2D eigenvalue weighted by Crippen LogP contribution is -1.96. The van der Waals surface area contributed by atoms with Gasteiger partial charge in [-0.15, -0.1) is 11.3 Å². The number of hydrogen-bond acceptors (Lipinski definition) is 3. The summed E-state index contributed by atoms with van der Waals surface area (Å²) in [6.45, 7) is 0. The third-order valence-electron chi connectivity index (χ3n) is 1.94. The van der Waals surface area contributed by atoms with Crippen LogP contribution >= 0.6 is 11.3 Å². The van der Waals surface area contributed by atoms with E-state index in [4.69, 9.17) is 0 Å². The van der Waals surface area contributed by atoms with Gasteiger partial charge < -0.3 is 0 Å². The second kappa shape index (κ2) is 3.37. The summed E-state index contributed by atoms with van der Waals surface area (Å²) in [5.41, 5.74) is 0.848. The third kappa shape index (κ3) is 1.96. The van der Waals surface area contributed by atoms with E-state index in [9.17, 15) is 8.42 Å². The minimum Gasteiger partial charge on any atom is -0.228 e. The van der Waals surface area contributed by atoms with Gasteiger partial charge in [0.1, 0.15) is 0 Å². The van der Waals surface area contributed by atoms with E-state index in [0.29, 0.717) is 0 Å². The Morgan fingerprint density at radius 3 is 2.71 bits per heavy atom. The van der Waals surface area contributed by atoms with Crippen LogP contribution in [0.4, 0.5) is 0 Å². The molecule has 1 aromatic carbocycles. The van der Waals surface area contributed by atoms with Gasteiger partial charge in [-0.1, -0.05) is 18.2 Å². The van der Waals surface area contributed by atoms with E-state index in [1.165, 1.54) is 0 Å². The van der Waals surface area contributed by atoms with Crippen molar-refractivity contribution in [2.45, 2.75) is 5.75 Å². The second-order valence-corrected chi connectivity index (χ2v) is 5.83. The maximum absolute atomic E-state index is 11.0. The highest BCUT2D eigenvalue weighted by Crippen LogP contribution is 2.26. The van der Waals surface area contributed by atoms with Gasteiger partial charge in [-0.3, -0.25) is 0 Å². The zero-order valence-corrected chi connectivity index (χ0v) is 9.07. The number of hydrogen-bond donors (Lipinski definition) is 0. The molecule has 0 aliphatic carbocycles. The zero-order chi connectivity index (χ0) is 10.2. The molecule has 2 nitrogen and oxygen atoms in total. The van der Waals surface area contributed by atoms with Crippen molar-refractivity contribution in [3.8, 4) is 0 Å². The molecule has 0 aliphatic heterocycles. The van der Waals surface area contributed by atoms with Crippen LogP contribution in [0.15, 0.2) is 29.6 Å². The Hall–Kier alpha value is -0.870. The summed E-state index contributed by atoms with van der Waals surface area (Å²) in [4.78, 5) is 0. The van der Waals surface area contributed by atoms with Gasteiger partial charge >= 0.3 is 0 Å². The Morgan fingerprint density at radius 1 is 1.29 bits per heavy atom. The van der Waals surface area contributed by atoms with Crippen molar-refractivity contribution in [2.24, 2.45) is 0 Å². The van der Waals surface area contributed by atoms with Crippen LogP contribution in [0.1, 0.15) is 5.56 Å². The fourth-order valence-electron chi connectivity index (χ4n) is 1.38. The van der Waals surface area contributed by atoms with Crippen molar-refractivity contribution in [1.29, 1.82) is 0 Å². The highest BCUT2D eigenvalue weighted by molar-refractivity contribution is 7.91. The summed E-state index contributed by atoms with van der Waals surface area (Å²) in [7, 11) is -3.18. The van der Waals surface area contributed by atoms with Gasteiger partial charge in [0, 0.05) is 4.70 Å². The predicted molar refractivity (Wildman–Crippen MR) is 59.8 cm³/mol. The van der Waals surface area contributed by atoms with Gasteiger partial charge in [-0.05, 0) is 22.4 Å². The molecule has 0 bridgehead atoms. The summed E-state index contributed by atoms with van der Waals surface area (Å²) in [6.07, 6.45) is 3.13. The van der Waals surface area contributed by atoms with Crippen molar-refractivity contribution in [2.75, 3.05) is 0 Å². The molecule has 2 aromatic rings. The van der Waals surface area contributed by atoms with Gasteiger partial charge in [0.15, 0.2) is 9.84 Å². The highest BCUT2D eigenvalue weighted by atomic mass is 32.2. The molecular weight excluding hydrogens is 216 g/mol. The maximum atomic E-state index is 11.0. The minimum absolute atomic E-state index is 0.0248. The minimum atomic E-state index is -3.18. The second-order valence-electron chi connectivity index (χ2n) is 3.15.